The van der Waals surface area contributed by atoms with Gasteiger partial charge in [0.05, 0.1) is 17.9 Å². The summed E-state index contributed by atoms with van der Waals surface area (Å²) in [5, 5.41) is 12.8. The lowest BCUT2D eigenvalue weighted by molar-refractivity contribution is -0.132. The van der Waals surface area contributed by atoms with Gasteiger partial charge in [-0.2, -0.15) is 0 Å². The molecule has 32 heavy (non-hydrogen) atoms. The van der Waals surface area contributed by atoms with E-state index in [4.69, 9.17) is 4.74 Å². The first-order valence-electron chi connectivity index (χ1n) is 9.58. The van der Waals surface area contributed by atoms with Gasteiger partial charge in [0.1, 0.15) is 22.5 Å². The zero-order valence-electron chi connectivity index (χ0n) is 17.0. The topological polar surface area (TPSA) is 96.8 Å². The number of carbonyl (C=O) groups excluding carboxylic acids is 3. The number of hydrogen-bond acceptors (Lipinski definition) is 8. The molecule has 164 valence electrons. The molecule has 7 nitrogen and oxygen atoms in total. The average Bonchev–Trinajstić information content (AvgIpc) is 3.48. The normalized spacial score (nSPS) is 17.7. The summed E-state index contributed by atoms with van der Waals surface area (Å²) < 4.78 is 18.4. The molecule has 10 heteroatoms. The van der Waals surface area contributed by atoms with Gasteiger partial charge >= 0.3 is 11.9 Å². The molecular formula is C22H17FN2O5S2. The number of aliphatic hydroxyl groups is 1. The molecule has 3 aromatic rings. The van der Waals surface area contributed by atoms with Crippen molar-refractivity contribution in [2.45, 2.75) is 19.9 Å². The first-order chi connectivity index (χ1) is 15.3. The smallest absolute Gasteiger partial charge is 0.350 e. The van der Waals surface area contributed by atoms with Crippen molar-refractivity contribution in [1.82, 2.24) is 4.98 Å². The third kappa shape index (κ3) is 3.71. The van der Waals surface area contributed by atoms with Gasteiger partial charge in [-0.25, -0.2) is 14.2 Å². The number of aryl methyl sites for hydroxylation is 1. The second-order valence-corrected chi connectivity index (χ2v) is 8.78. The highest BCUT2D eigenvalue weighted by atomic mass is 32.1. The summed E-state index contributed by atoms with van der Waals surface area (Å²) in [5.41, 5.74) is 0.442. The van der Waals surface area contributed by atoms with Gasteiger partial charge in [-0.15, -0.1) is 11.3 Å². The van der Waals surface area contributed by atoms with E-state index in [-0.39, 0.29) is 27.8 Å². The molecule has 1 aliphatic rings. The second-order valence-electron chi connectivity index (χ2n) is 6.82. The number of hydrogen-bond donors (Lipinski definition) is 1. The van der Waals surface area contributed by atoms with Gasteiger partial charge in [0, 0.05) is 10.4 Å². The Morgan fingerprint density at radius 2 is 1.97 bits per heavy atom. The highest BCUT2D eigenvalue weighted by Crippen LogP contribution is 2.45. The van der Waals surface area contributed by atoms with E-state index < -0.39 is 35.3 Å². The van der Waals surface area contributed by atoms with Crippen molar-refractivity contribution in [3.05, 3.63) is 74.2 Å². The largest absolute Gasteiger partial charge is 0.507 e. The monoisotopic (exact) mass is 472 g/mol. The van der Waals surface area contributed by atoms with E-state index in [1.165, 1.54) is 28.4 Å². The number of nitrogens with zero attached hydrogens (tertiary/aromatic N) is 2. The Morgan fingerprint density at radius 3 is 2.59 bits per heavy atom. The number of anilines is 1. The van der Waals surface area contributed by atoms with E-state index in [2.05, 4.69) is 4.98 Å². The molecule has 2 aromatic heterocycles. The molecule has 4 rings (SSSR count). The maximum Gasteiger partial charge on any atom is 0.350 e. The van der Waals surface area contributed by atoms with Crippen molar-refractivity contribution >= 4 is 51.2 Å². The number of carbonyl (C=O) groups is 3. The van der Waals surface area contributed by atoms with E-state index in [0.717, 1.165) is 23.5 Å². The van der Waals surface area contributed by atoms with Crippen LogP contribution < -0.4 is 4.90 Å². The van der Waals surface area contributed by atoms with Crippen molar-refractivity contribution in [2.75, 3.05) is 11.5 Å². The Hall–Kier alpha value is -3.37. The first-order valence-corrected chi connectivity index (χ1v) is 11.3. The Morgan fingerprint density at radius 1 is 1.25 bits per heavy atom. The Bertz CT molecular complexity index is 1230. The molecule has 1 fully saturated rings. The fourth-order valence-corrected chi connectivity index (χ4v) is 5.19. The van der Waals surface area contributed by atoms with Crippen LogP contribution in [0.2, 0.25) is 0 Å². The Balaban J connectivity index is 1.87. The second kappa shape index (κ2) is 8.64. The minimum atomic E-state index is -0.944. The number of ketones is 1. The van der Waals surface area contributed by atoms with Gasteiger partial charge in [0.2, 0.25) is 0 Å². The van der Waals surface area contributed by atoms with Crippen molar-refractivity contribution in [3.8, 4) is 0 Å². The van der Waals surface area contributed by atoms with Crippen molar-refractivity contribution in [3.63, 3.8) is 0 Å². The predicted octanol–water partition coefficient (Wildman–Crippen LogP) is 4.46. The average molecular weight is 473 g/mol. The van der Waals surface area contributed by atoms with Gasteiger partial charge in [-0.1, -0.05) is 17.4 Å². The van der Waals surface area contributed by atoms with Crippen LogP contribution in [-0.4, -0.2) is 34.4 Å². The van der Waals surface area contributed by atoms with Gasteiger partial charge in [-0.05, 0) is 49.6 Å². The number of halogens is 1. The maximum absolute atomic E-state index is 13.3. The Labute approximate surface area is 190 Å². The molecule has 1 aliphatic heterocycles. The number of aromatic nitrogens is 1. The maximum atomic E-state index is 13.3. The third-order valence-electron chi connectivity index (χ3n) is 4.83. The highest BCUT2D eigenvalue weighted by Gasteiger charge is 2.48. The van der Waals surface area contributed by atoms with Crippen LogP contribution in [0, 0.1) is 12.7 Å². The minimum Gasteiger partial charge on any atom is -0.507 e. The summed E-state index contributed by atoms with van der Waals surface area (Å²) in [6.45, 7) is 3.48. The molecule has 1 aromatic carbocycles. The molecule has 1 amide bonds. The van der Waals surface area contributed by atoms with Crippen LogP contribution in [0.4, 0.5) is 9.52 Å². The fourth-order valence-electron chi connectivity index (χ4n) is 3.38. The SMILES string of the molecule is CCOC(=O)c1sc(N2C(=O)C(=O)/C(=C(/O)c3ccc(F)cc3)[C@@H]2c2cccs2)nc1C. The molecule has 0 bridgehead atoms. The number of thiazole rings is 1. The molecule has 1 atom stereocenters. The number of Topliss-reactive ketones (excluding diaryl/α,β-unsaturated/α-hetero) is 1. The first kappa shape index (κ1) is 21.8. The number of thiophene rings is 1. The summed E-state index contributed by atoms with van der Waals surface area (Å²) in [7, 11) is 0. The molecular weight excluding hydrogens is 455 g/mol. The molecule has 1 N–H and O–H groups in total. The Kier molecular flexibility index (Phi) is 5.90. The number of aliphatic hydroxyl groups excluding tert-OH is 1. The van der Waals surface area contributed by atoms with Gasteiger partial charge < -0.3 is 9.84 Å². The van der Waals surface area contributed by atoms with E-state index >= 15 is 0 Å². The van der Waals surface area contributed by atoms with E-state index in [9.17, 15) is 23.9 Å². The number of amides is 1. The number of ether oxygens (including phenoxy) is 1. The minimum absolute atomic E-state index is 0.130. The molecule has 1 saturated heterocycles. The molecule has 0 radical (unpaired) electrons. The van der Waals surface area contributed by atoms with Crippen LogP contribution in [0.5, 0.6) is 0 Å². The fraction of sp³-hybridized carbons (Fsp3) is 0.182. The third-order valence-corrected chi connectivity index (χ3v) is 6.89. The lowest BCUT2D eigenvalue weighted by atomic mass is 10.00. The summed E-state index contributed by atoms with van der Waals surface area (Å²) >= 11 is 2.24. The lowest BCUT2D eigenvalue weighted by Crippen LogP contribution is -2.29. The van der Waals surface area contributed by atoms with Crippen LogP contribution in [-0.2, 0) is 14.3 Å². The van der Waals surface area contributed by atoms with Crippen molar-refractivity contribution in [2.24, 2.45) is 0 Å². The lowest BCUT2D eigenvalue weighted by Gasteiger charge is -2.21. The van der Waals surface area contributed by atoms with Crippen LogP contribution in [0.25, 0.3) is 5.76 Å². The van der Waals surface area contributed by atoms with Gasteiger partial charge in [-0.3, -0.25) is 14.5 Å². The number of esters is 1. The van der Waals surface area contributed by atoms with Crippen LogP contribution in [0.15, 0.2) is 47.4 Å². The van der Waals surface area contributed by atoms with Gasteiger partial charge in [0.15, 0.2) is 5.13 Å². The molecule has 0 spiro atoms. The summed E-state index contributed by atoms with van der Waals surface area (Å²) in [6, 6.07) is 7.52. The molecule has 0 saturated carbocycles. The van der Waals surface area contributed by atoms with E-state index in [1.807, 2.05) is 0 Å². The predicted molar refractivity (Wildman–Crippen MR) is 118 cm³/mol. The highest BCUT2D eigenvalue weighted by molar-refractivity contribution is 7.18. The van der Waals surface area contributed by atoms with E-state index in [0.29, 0.717) is 10.6 Å². The molecule has 0 unspecified atom stereocenters. The summed E-state index contributed by atoms with van der Waals surface area (Å²) in [5.74, 6) is -3.25. The van der Waals surface area contributed by atoms with Crippen LogP contribution >= 0.6 is 22.7 Å². The van der Waals surface area contributed by atoms with Gasteiger partial charge in [0.25, 0.3) is 5.78 Å². The number of rotatable bonds is 5. The molecule has 3 heterocycles. The van der Waals surface area contributed by atoms with E-state index in [1.54, 1.807) is 31.4 Å². The van der Waals surface area contributed by atoms with Crippen LogP contribution in [0.3, 0.4) is 0 Å². The summed E-state index contributed by atoms with van der Waals surface area (Å²) in [4.78, 5) is 44.7. The van der Waals surface area contributed by atoms with Crippen molar-refractivity contribution in [1.29, 1.82) is 0 Å². The number of benzene rings is 1. The summed E-state index contributed by atoms with van der Waals surface area (Å²) in [6.07, 6.45) is 0. The van der Waals surface area contributed by atoms with Crippen LogP contribution in [0.1, 0.15) is 38.8 Å². The standard InChI is InChI=1S/C22H17FN2O5S2/c1-3-30-21(29)19-11(2)24-22(32-19)25-16(14-5-4-10-31-14)15(18(27)20(25)28)17(26)12-6-8-13(23)9-7-12/h4-10,16,26H,3H2,1-2H3/b17-15+/t16-/m0/s1. The zero-order chi connectivity index (χ0) is 23.0. The van der Waals surface area contributed by atoms with Crippen molar-refractivity contribution < 1.29 is 28.6 Å². The zero-order valence-corrected chi connectivity index (χ0v) is 18.6. The quantitative estimate of drug-likeness (QED) is 0.255. The molecule has 0 aliphatic carbocycles.